The first-order chi connectivity index (χ1) is 16.5. The highest BCUT2D eigenvalue weighted by Gasteiger charge is 2.23. The van der Waals surface area contributed by atoms with Crippen molar-refractivity contribution in [2.24, 2.45) is 0 Å². The summed E-state index contributed by atoms with van der Waals surface area (Å²) >= 11 is 0. The average Bonchev–Trinajstić information content (AvgIpc) is 3.53. The van der Waals surface area contributed by atoms with Crippen molar-refractivity contribution in [3.05, 3.63) is 47.7 Å². The predicted octanol–water partition coefficient (Wildman–Crippen LogP) is -0.381. The summed E-state index contributed by atoms with van der Waals surface area (Å²) in [6, 6.07) is 8.83. The van der Waals surface area contributed by atoms with Gasteiger partial charge < -0.3 is 29.7 Å². The van der Waals surface area contributed by atoms with Crippen LogP contribution in [0.5, 0.6) is 5.88 Å². The summed E-state index contributed by atoms with van der Waals surface area (Å²) < 4.78 is 15.4. The lowest BCUT2D eigenvalue weighted by Gasteiger charge is -2.15. The van der Waals surface area contributed by atoms with E-state index in [-0.39, 0.29) is 31.1 Å². The molecule has 1 fully saturated rings. The summed E-state index contributed by atoms with van der Waals surface area (Å²) in [6.07, 6.45) is -0.118. The first-order valence-corrected chi connectivity index (χ1v) is 10.8. The Kier molecular flexibility index (Phi) is 9.64. The molecule has 13 nitrogen and oxygen atoms in total. The summed E-state index contributed by atoms with van der Waals surface area (Å²) in [6.45, 7) is 2.51. The fourth-order valence-electron chi connectivity index (χ4n) is 2.97. The van der Waals surface area contributed by atoms with Crippen LogP contribution >= 0.6 is 0 Å². The van der Waals surface area contributed by atoms with Crippen molar-refractivity contribution in [3.8, 4) is 5.88 Å². The molecule has 0 bridgehead atoms. The van der Waals surface area contributed by atoms with Gasteiger partial charge in [0.05, 0.1) is 12.7 Å². The molecule has 3 rings (SSSR count). The number of aliphatic carboxylic acids is 1. The quantitative estimate of drug-likeness (QED) is 0.208. The summed E-state index contributed by atoms with van der Waals surface area (Å²) in [7, 11) is 0. The molecule has 1 unspecified atom stereocenters. The molecule has 0 aliphatic carbocycles. The number of carbonyl (C=O) groups excluding carboxylic acids is 2. The molecule has 2 aromatic rings. The molecule has 0 spiro atoms. The van der Waals surface area contributed by atoms with Crippen LogP contribution in [0.3, 0.4) is 0 Å². The molecule has 184 valence electrons. The zero-order chi connectivity index (χ0) is 24.2. The van der Waals surface area contributed by atoms with Gasteiger partial charge in [0.15, 0.2) is 0 Å². The van der Waals surface area contributed by atoms with Gasteiger partial charge in [-0.05, 0) is 17.1 Å². The van der Waals surface area contributed by atoms with Crippen molar-refractivity contribution >= 4 is 18.0 Å². The van der Waals surface area contributed by atoms with Crippen LogP contribution < -0.4 is 31.3 Å². The smallest absolute Gasteiger partial charge is 0.408 e. The van der Waals surface area contributed by atoms with Gasteiger partial charge in [0.1, 0.15) is 18.9 Å². The number of benzene rings is 1. The van der Waals surface area contributed by atoms with E-state index in [9.17, 15) is 19.5 Å². The van der Waals surface area contributed by atoms with Gasteiger partial charge in [-0.15, -0.1) is 0 Å². The number of ether oxygens (including phenoxy) is 2. The SMILES string of the molecule is O=C(NC(CNC(=O)c1cc(OCCCNC2NCCN2)no1)C(=O)O)OCc1ccccc1. The molecular formula is C21H28N6O7. The van der Waals surface area contributed by atoms with Gasteiger partial charge in [-0.2, -0.15) is 0 Å². The van der Waals surface area contributed by atoms with E-state index in [0.717, 1.165) is 18.7 Å². The summed E-state index contributed by atoms with van der Waals surface area (Å²) in [5.74, 6) is -2.05. The normalized spacial score (nSPS) is 14.4. The first kappa shape index (κ1) is 25.0. The van der Waals surface area contributed by atoms with Crippen LogP contribution in [0.4, 0.5) is 4.79 Å². The second-order valence-electron chi connectivity index (χ2n) is 7.33. The van der Waals surface area contributed by atoms with Gasteiger partial charge in [-0.1, -0.05) is 30.3 Å². The van der Waals surface area contributed by atoms with Crippen molar-refractivity contribution in [3.63, 3.8) is 0 Å². The van der Waals surface area contributed by atoms with Crippen molar-refractivity contribution in [2.75, 3.05) is 32.8 Å². The molecule has 1 atom stereocenters. The molecular weight excluding hydrogens is 448 g/mol. The van der Waals surface area contributed by atoms with Crippen LogP contribution in [0.25, 0.3) is 0 Å². The number of rotatable bonds is 13. The van der Waals surface area contributed by atoms with E-state index in [0.29, 0.717) is 19.6 Å². The number of nitrogens with one attached hydrogen (secondary N) is 5. The minimum absolute atomic E-state index is 0.0172. The van der Waals surface area contributed by atoms with Crippen LogP contribution in [-0.2, 0) is 16.1 Å². The number of carboxylic acids is 1. The highest BCUT2D eigenvalue weighted by molar-refractivity contribution is 5.92. The lowest BCUT2D eigenvalue weighted by molar-refractivity contribution is -0.139. The monoisotopic (exact) mass is 476 g/mol. The number of alkyl carbamates (subject to hydrolysis) is 1. The van der Waals surface area contributed by atoms with Gasteiger partial charge in [0, 0.05) is 26.2 Å². The molecule has 6 N–H and O–H groups in total. The first-order valence-electron chi connectivity index (χ1n) is 10.8. The Bertz CT molecular complexity index is 933. The second kappa shape index (κ2) is 13.1. The third-order valence-electron chi connectivity index (χ3n) is 4.72. The van der Waals surface area contributed by atoms with Gasteiger partial charge in [-0.3, -0.25) is 20.7 Å². The Morgan fingerprint density at radius 3 is 2.71 bits per heavy atom. The van der Waals surface area contributed by atoms with Crippen molar-refractivity contribution in [1.82, 2.24) is 31.7 Å². The minimum Gasteiger partial charge on any atom is -0.480 e. The number of nitrogens with zero attached hydrogens (tertiary/aromatic N) is 1. The minimum atomic E-state index is -1.40. The molecule has 2 heterocycles. The lowest BCUT2D eigenvalue weighted by atomic mass is 10.2. The van der Waals surface area contributed by atoms with E-state index in [1.165, 1.54) is 6.07 Å². The standard InChI is InChI=1S/C21H28N6O7/c28-18(16-11-17(27-34-16)32-10-4-7-22-20-23-8-9-24-20)25-12-15(19(29)30)26-21(31)33-13-14-5-2-1-3-6-14/h1-3,5-6,11,15,20,22-24H,4,7-10,12-13H2,(H,25,28)(H,26,31)(H,29,30). The van der Waals surface area contributed by atoms with Gasteiger partial charge in [0.25, 0.3) is 11.8 Å². The van der Waals surface area contributed by atoms with E-state index >= 15 is 0 Å². The molecule has 1 aliphatic rings. The number of carbonyl (C=O) groups is 3. The van der Waals surface area contributed by atoms with E-state index < -0.39 is 24.0 Å². The Labute approximate surface area is 195 Å². The summed E-state index contributed by atoms with van der Waals surface area (Å²) in [4.78, 5) is 35.6. The highest BCUT2D eigenvalue weighted by Crippen LogP contribution is 2.11. The fourth-order valence-corrected chi connectivity index (χ4v) is 2.97. The van der Waals surface area contributed by atoms with E-state index in [1.807, 2.05) is 6.07 Å². The maximum atomic E-state index is 12.2. The largest absolute Gasteiger partial charge is 0.480 e. The maximum Gasteiger partial charge on any atom is 0.408 e. The Morgan fingerprint density at radius 1 is 1.21 bits per heavy atom. The molecule has 0 saturated carbocycles. The predicted molar refractivity (Wildman–Crippen MR) is 118 cm³/mol. The van der Waals surface area contributed by atoms with E-state index in [1.54, 1.807) is 24.3 Å². The van der Waals surface area contributed by atoms with Crippen molar-refractivity contribution < 1.29 is 33.5 Å². The van der Waals surface area contributed by atoms with Gasteiger partial charge in [-0.25, -0.2) is 9.59 Å². The molecule has 0 radical (unpaired) electrons. The number of carboxylic acid groups (broad SMARTS) is 1. The van der Waals surface area contributed by atoms with Gasteiger partial charge in [0.2, 0.25) is 5.76 Å². The van der Waals surface area contributed by atoms with Crippen LogP contribution in [-0.4, -0.2) is 73.4 Å². The van der Waals surface area contributed by atoms with E-state index in [2.05, 4.69) is 31.7 Å². The number of hydrogen-bond donors (Lipinski definition) is 6. The number of aromatic nitrogens is 1. The summed E-state index contributed by atoms with van der Waals surface area (Å²) in [5, 5.41) is 27.3. The second-order valence-corrected chi connectivity index (χ2v) is 7.33. The fraction of sp³-hybridized carbons (Fsp3) is 0.429. The molecule has 2 amide bonds. The summed E-state index contributed by atoms with van der Waals surface area (Å²) in [5.41, 5.74) is 0.750. The number of hydrogen-bond acceptors (Lipinski definition) is 10. The van der Waals surface area contributed by atoms with Gasteiger partial charge >= 0.3 is 12.1 Å². The molecule has 1 saturated heterocycles. The van der Waals surface area contributed by atoms with E-state index in [4.69, 9.17) is 14.0 Å². The molecule has 1 aliphatic heterocycles. The number of amides is 2. The Hall–Kier alpha value is -3.68. The zero-order valence-corrected chi connectivity index (χ0v) is 18.4. The molecule has 13 heteroatoms. The third-order valence-corrected chi connectivity index (χ3v) is 4.72. The highest BCUT2D eigenvalue weighted by atomic mass is 16.5. The van der Waals surface area contributed by atoms with Crippen LogP contribution in [0.1, 0.15) is 22.5 Å². The molecule has 34 heavy (non-hydrogen) atoms. The molecule has 1 aromatic carbocycles. The van der Waals surface area contributed by atoms with Crippen LogP contribution in [0.2, 0.25) is 0 Å². The Morgan fingerprint density at radius 2 is 1.97 bits per heavy atom. The third kappa shape index (κ3) is 8.35. The van der Waals surface area contributed by atoms with Crippen LogP contribution in [0, 0.1) is 0 Å². The average molecular weight is 476 g/mol. The topological polar surface area (TPSA) is 176 Å². The Balaban J connectivity index is 1.35. The van der Waals surface area contributed by atoms with Crippen molar-refractivity contribution in [2.45, 2.75) is 25.4 Å². The van der Waals surface area contributed by atoms with Crippen LogP contribution in [0.15, 0.2) is 40.9 Å². The lowest BCUT2D eigenvalue weighted by Crippen LogP contribution is -2.48. The molecule has 1 aromatic heterocycles. The maximum absolute atomic E-state index is 12.2. The zero-order valence-electron chi connectivity index (χ0n) is 18.4. The van der Waals surface area contributed by atoms with Crippen molar-refractivity contribution in [1.29, 1.82) is 0 Å².